The zero-order valence-electron chi connectivity index (χ0n) is 7.42. The molecule has 0 amide bonds. The molecule has 0 bridgehead atoms. The number of aliphatic imine (C=N–C) groups is 1. The maximum Gasteiger partial charge on any atom is 0.193 e. The fraction of sp³-hybridized carbons (Fsp3) is 0.222. The lowest BCUT2D eigenvalue weighted by atomic mass is 10.3. The molecule has 0 heterocycles. The highest BCUT2D eigenvalue weighted by Gasteiger charge is 1.94. The molecule has 0 aliphatic heterocycles. The minimum atomic E-state index is 0.445. The lowest BCUT2D eigenvalue weighted by Crippen LogP contribution is -2.22. The first-order valence-corrected chi connectivity index (χ1v) is 4.84. The molecule has 0 fully saturated rings. The molecule has 0 radical (unpaired) electrons. The summed E-state index contributed by atoms with van der Waals surface area (Å²) in [7, 11) is 0. The van der Waals surface area contributed by atoms with Crippen LogP contribution in [0.2, 0.25) is 0 Å². The molecule has 70 valence electrons. The third-order valence-electron chi connectivity index (χ3n) is 1.43. The van der Waals surface area contributed by atoms with Gasteiger partial charge in [0.15, 0.2) is 5.96 Å². The van der Waals surface area contributed by atoms with Gasteiger partial charge in [0, 0.05) is 16.7 Å². The second-order valence-electron chi connectivity index (χ2n) is 2.49. The number of guanidine groups is 1. The molecule has 1 rings (SSSR count). The van der Waals surface area contributed by atoms with Crippen LogP contribution in [0.3, 0.4) is 0 Å². The van der Waals surface area contributed by atoms with Gasteiger partial charge in [-0.15, -0.1) is 0 Å². The van der Waals surface area contributed by atoms with Crippen LogP contribution < -0.4 is 11.1 Å². The van der Waals surface area contributed by atoms with Gasteiger partial charge in [0.1, 0.15) is 0 Å². The van der Waals surface area contributed by atoms with Crippen LogP contribution in [0.1, 0.15) is 6.92 Å². The Balaban J connectivity index is 2.69. The maximum atomic E-state index is 5.59. The Hall–Kier alpha value is -1.03. The van der Waals surface area contributed by atoms with E-state index in [1.807, 2.05) is 31.2 Å². The van der Waals surface area contributed by atoms with Crippen molar-refractivity contribution >= 4 is 27.6 Å². The number of halogens is 1. The van der Waals surface area contributed by atoms with Crippen LogP contribution in [-0.2, 0) is 0 Å². The molecule has 3 nitrogen and oxygen atoms in total. The fourth-order valence-corrected chi connectivity index (χ4v) is 1.32. The van der Waals surface area contributed by atoms with Gasteiger partial charge in [-0.2, -0.15) is 0 Å². The van der Waals surface area contributed by atoms with Gasteiger partial charge in [-0.05, 0) is 25.1 Å². The molecule has 0 aliphatic rings. The van der Waals surface area contributed by atoms with Gasteiger partial charge in [-0.1, -0.05) is 22.0 Å². The van der Waals surface area contributed by atoms with Crippen LogP contribution in [-0.4, -0.2) is 12.5 Å². The highest BCUT2D eigenvalue weighted by Crippen LogP contribution is 2.14. The number of hydrogen-bond donors (Lipinski definition) is 2. The Labute approximate surface area is 86.2 Å². The maximum absolute atomic E-state index is 5.59. The predicted octanol–water partition coefficient (Wildman–Crippen LogP) is 2.20. The van der Waals surface area contributed by atoms with E-state index in [0.29, 0.717) is 12.5 Å². The molecule has 0 aliphatic carbocycles. The zero-order chi connectivity index (χ0) is 9.68. The summed E-state index contributed by atoms with van der Waals surface area (Å²) in [5.41, 5.74) is 6.52. The topological polar surface area (TPSA) is 50.4 Å². The number of nitrogens with two attached hydrogens (primary N) is 1. The molecule has 0 atom stereocenters. The standard InChI is InChI=1S/C9H12BrN3/c1-2-12-9(11)13-8-5-3-4-7(10)6-8/h3-6H,2H2,1H3,(H3,11,12,13). The second kappa shape index (κ2) is 4.87. The lowest BCUT2D eigenvalue weighted by Gasteiger charge is -2.04. The number of benzene rings is 1. The Morgan fingerprint density at radius 1 is 1.62 bits per heavy atom. The van der Waals surface area contributed by atoms with Gasteiger partial charge in [-0.3, -0.25) is 4.99 Å². The zero-order valence-corrected chi connectivity index (χ0v) is 9.01. The smallest absolute Gasteiger partial charge is 0.193 e. The highest BCUT2D eigenvalue weighted by atomic mass is 79.9. The molecular formula is C9H12BrN3. The van der Waals surface area contributed by atoms with Crippen molar-refractivity contribution in [3.63, 3.8) is 0 Å². The van der Waals surface area contributed by atoms with Crippen molar-refractivity contribution in [3.8, 4) is 0 Å². The van der Waals surface area contributed by atoms with Crippen LogP contribution in [0.25, 0.3) is 0 Å². The van der Waals surface area contributed by atoms with Crippen LogP contribution in [0.5, 0.6) is 0 Å². The Morgan fingerprint density at radius 3 is 3.00 bits per heavy atom. The average molecular weight is 242 g/mol. The van der Waals surface area contributed by atoms with E-state index in [9.17, 15) is 0 Å². The summed E-state index contributed by atoms with van der Waals surface area (Å²) < 4.78 is 1.02. The SMILES string of the molecule is CCN=C(N)Nc1cccc(Br)c1. The van der Waals surface area contributed by atoms with Crippen molar-refractivity contribution in [1.29, 1.82) is 0 Å². The first-order valence-electron chi connectivity index (χ1n) is 4.05. The summed E-state index contributed by atoms with van der Waals surface area (Å²) in [6, 6.07) is 7.77. The quantitative estimate of drug-likeness (QED) is 0.617. The second-order valence-corrected chi connectivity index (χ2v) is 3.41. The van der Waals surface area contributed by atoms with Gasteiger partial charge >= 0.3 is 0 Å². The highest BCUT2D eigenvalue weighted by molar-refractivity contribution is 9.10. The Morgan fingerprint density at radius 2 is 2.38 bits per heavy atom. The fourth-order valence-electron chi connectivity index (χ4n) is 0.924. The average Bonchev–Trinajstić information content (AvgIpc) is 2.04. The number of anilines is 1. The van der Waals surface area contributed by atoms with Gasteiger partial charge < -0.3 is 11.1 Å². The first kappa shape index (κ1) is 10.1. The molecule has 13 heavy (non-hydrogen) atoms. The number of hydrogen-bond acceptors (Lipinski definition) is 1. The largest absolute Gasteiger partial charge is 0.370 e. The van der Waals surface area contributed by atoms with Gasteiger partial charge in [0.25, 0.3) is 0 Å². The molecule has 0 saturated heterocycles. The Bertz CT molecular complexity index is 309. The third kappa shape index (κ3) is 3.46. The van der Waals surface area contributed by atoms with Crippen molar-refractivity contribution in [2.24, 2.45) is 10.7 Å². The first-order chi connectivity index (χ1) is 6.22. The summed E-state index contributed by atoms with van der Waals surface area (Å²) >= 11 is 3.37. The molecule has 0 spiro atoms. The molecule has 3 N–H and O–H groups in total. The van der Waals surface area contributed by atoms with E-state index in [2.05, 4.69) is 26.2 Å². The third-order valence-corrected chi connectivity index (χ3v) is 1.92. The van der Waals surface area contributed by atoms with Crippen molar-refractivity contribution < 1.29 is 0 Å². The van der Waals surface area contributed by atoms with Crippen LogP contribution >= 0.6 is 15.9 Å². The molecule has 4 heteroatoms. The predicted molar refractivity (Wildman–Crippen MR) is 59.9 cm³/mol. The van der Waals surface area contributed by atoms with E-state index in [4.69, 9.17) is 5.73 Å². The molecule has 0 aromatic heterocycles. The Kier molecular flexibility index (Phi) is 3.76. The molecule has 1 aromatic carbocycles. The summed E-state index contributed by atoms with van der Waals surface area (Å²) in [5, 5.41) is 2.98. The van der Waals surface area contributed by atoms with E-state index in [-0.39, 0.29) is 0 Å². The molecular weight excluding hydrogens is 230 g/mol. The summed E-state index contributed by atoms with van der Waals surface area (Å²) in [6.07, 6.45) is 0. The number of nitrogens with zero attached hydrogens (tertiary/aromatic N) is 1. The van der Waals surface area contributed by atoms with Crippen molar-refractivity contribution in [3.05, 3.63) is 28.7 Å². The lowest BCUT2D eigenvalue weighted by molar-refractivity contribution is 1.12. The van der Waals surface area contributed by atoms with Crippen molar-refractivity contribution in [2.75, 3.05) is 11.9 Å². The number of rotatable bonds is 2. The van der Waals surface area contributed by atoms with Crippen LogP contribution in [0.4, 0.5) is 5.69 Å². The normalized spacial score (nSPS) is 11.4. The summed E-state index contributed by atoms with van der Waals surface area (Å²) in [6.45, 7) is 2.63. The molecule has 1 aromatic rings. The number of nitrogens with one attached hydrogen (secondary N) is 1. The van der Waals surface area contributed by atoms with Crippen LogP contribution in [0.15, 0.2) is 33.7 Å². The van der Waals surface area contributed by atoms with Crippen molar-refractivity contribution in [2.45, 2.75) is 6.92 Å². The summed E-state index contributed by atoms with van der Waals surface area (Å²) in [4.78, 5) is 4.02. The molecule has 0 unspecified atom stereocenters. The van der Waals surface area contributed by atoms with Crippen LogP contribution in [0, 0.1) is 0 Å². The van der Waals surface area contributed by atoms with Crippen molar-refractivity contribution in [1.82, 2.24) is 0 Å². The van der Waals surface area contributed by atoms with Gasteiger partial charge in [-0.25, -0.2) is 0 Å². The van der Waals surface area contributed by atoms with E-state index in [1.165, 1.54) is 0 Å². The van der Waals surface area contributed by atoms with Gasteiger partial charge in [0.05, 0.1) is 0 Å². The van der Waals surface area contributed by atoms with E-state index >= 15 is 0 Å². The molecule has 0 saturated carbocycles. The minimum Gasteiger partial charge on any atom is -0.370 e. The van der Waals surface area contributed by atoms with Gasteiger partial charge in [0.2, 0.25) is 0 Å². The van der Waals surface area contributed by atoms with E-state index in [0.717, 1.165) is 10.2 Å². The summed E-state index contributed by atoms with van der Waals surface area (Å²) in [5.74, 6) is 0.445. The minimum absolute atomic E-state index is 0.445. The van der Waals surface area contributed by atoms with E-state index < -0.39 is 0 Å². The van der Waals surface area contributed by atoms with E-state index in [1.54, 1.807) is 0 Å². The monoisotopic (exact) mass is 241 g/mol.